The van der Waals surface area contributed by atoms with Crippen LogP contribution in [-0.2, 0) is 0 Å². The lowest BCUT2D eigenvalue weighted by Gasteiger charge is -2.25. The van der Waals surface area contributed by atoms with E-state index in [0.717, 1.165) is 23.9 Å². The molecule has 0 radical (unpaired) electrons. The van der Waals surface area contributed by atoms with E-state index >= 15 is 0 Å². The molecule has 5 nitrogen and oxygen atoms in total. The lowest BCUT2D eigenvalue weighted by Crippen LogP contribution is -2.36. The van der Waals surface area contributed by atoms with E-state index in [-0.39, 0.29) is 6.04 Å². The van der Waals surface area contributed by atoms with Crippen molar-refractivity contribution in [3.8, 4) is 0 Å². The van der Waals surface area contributed by atoms with E-state index in [9.17, 15) is 0 Å². The fraction of sp³-hybridized carbons (Fsp3) is 0.692. The predicted octanol–water partition coefficient (Wildman–Crippen LogP) is 1.78. The van der Waals surface area contributed by atoms with Crippen LogP contribution in [0, 0.1) is 6.92 Å². The minimum absolute atomic E-state index is 0.260. The summed E-state index contributed by atoms with van der Waals surface area (Å²) in [6.45, 7) is 8.89. The van der Waals surface area contributed by atoms with Crippen molar-refractivity contribution in [2.75, 3.05) is 23.8 Å². The molecular formula is C13H25N5. The minimum atomic E-state index is 0.260. The summed E-state index contributed by atoms with van der Waals surface area (Å²) in [5.74, 6) is 2.56. The molecule has 5 heteroatoms. The minimum Gasteiger partial charge on any atom is -0.367 e. The first-order valence-corrected chi connectivity index (χ1v) is 6.53. The largest absolute Gasteiger partial charge is 0.367 e. The molecule has 0 fully saturated rings. The number of nitrogens with one attached hydrogen (secondary N) is 1. The van der Waals surface area contributed by atoms with Crippen molar-refractivity contribution < 1.29 is 0 Å². The van der Waals surface area contributed by atoms with Gasteiger partial charge in [-0.05, 0) is 27.2 Å². The second kappa shape index (κ2) is 6.54. The van der Waals surface area contributed by atoms with Gasteiger partial charge in [0, 0.05) is 31.7 Å². The monoisotopic (exact) mass is 251 g/mol. The zero-order chi connectivity index (χ0) is 13.7. The summed E-state index contributed by atoms with van der Waals surface area (Å²) >= 11 is 0. The van der Waals surface area contributed by atoms with Gasteiger partial charge in [0.15, 0.2) is 0 Å². The summed E-state index contributed by atoms with van der Waals surface area (Å²) in [6.07, 6.45) is 1.06. The molecule has 1 rings (SSSR count). The van der Waals surface area contributed by atoms with Crippen LogP contribution in [0.2, 0.25) is 0 Å². The van der Waals surface area contributed by atoms with Crippen molar-refractivity contribution in [1.82, 2.24) is 9.97 Å². The SMILES string of the molecule is CCC(C)Nc1cc(N(C)C(C)CN)nc(C)n1. The van der Waals surface area contributed by atoms with E-state index < -0.39 is 0 Å². The van der Waals surface area contributed by atoms with Crippen LogP contribution in [0.15, 0.2) is 6.07 Å². The number of hydrogen-bond acceptors (Lipinski definition) is 5. The summed E-state index contributed by atoms with van der Waals surface area (Å²) in [5.41, 5.74) is 5.69. The molecule has 0 aliphatic carbocycles. The molecule has 102 valence electrons. The van der Waals surface area contributed by atoms with Crippen molar-refractivity contribution in [1.29, 1.82) is 0 Å². The van der Waals surface area contributed by atoms with Crippen molar-refractivity contribution in [3.05, 3.63) is 11.9 Å². The Balaban J connectivity index is 2.93. The number of aryl methyl sites for hydroxylation is 1. The van der Waals surface area contributed by atoms with Crippen LogP contribution in [0.4, 0.5) is 11.6 Å². The number of hydrogen-bond donors (Lipinski definition) is 2. The van der Waals surface area contributed by atoms with Gasteiger partial charge in [0.25, 0.3) is 0 Å². The van der Waals surface area contributed by atoms with E-state index in [0.29, 0.717) is 12.6 Å². The van der Waals surface area contributed by atoms with Crippen LogP contribution < -0.4 is 16.0 Å². The van der Waals surface area contributed by atoms with Gasteiger partial charge in [0.2, 0.25) is 0 Å². The van der Waals surface area contributed by atoms with E-state index in [1.807, 2.05) is 20.0 Å². The van der Waals surface area contributed by atoms with Crippen LogP contribution in [0.1, 0.15) is 33.0 Å². The molecule has 3 N–H and O–H groups in total. The zero-order valence-electron chi connectivity index (χ0n) is 12.1. The lowest BCUT2D eigenvalue weighted by atomic mass is 10.2. The topological polar surface area (TPSA) is 67.1 Å². The predicted molar refractivity (Wildman–Crippen MR) is 77.1 cm³/mol. The van der Waals surface area contributed by atoms with Crippen LogP contribution in [-0.4, -0.2) is 35.6 Å². The first-order valence-electron chi connectivity index (χ1n) is 6.53. The van der Waals surface area contributed by atoms with Crippen LogP contribution >= 0.6 is 0 Å². The maximum absolute atomic E-state index is 5.69. The Bertz CT molecular complexity index is 380. The van der Waals surface area contributed by atoms with Crippen molar-refractivity contribution in [2.45, 2.75) is 46.2 Å². The number of rotatable bonds is 6. The normalized spacial score (nSPS) is 14.1. The van der Waals surface area contributed by atoms with E-state index in [2.05, 4.69) is 41.0 Å². The molecule has 0 aromatic carbocycles. The molecular weight excluding hydrogens is 226 g/mol. The number of aromatic nitrogens is 2. The standard InChI is InChI=1S/C13H25N5/c1-6-9(2)15-12-7-13(17-11(4)16-12)18(5)10(3)8-14/h7,9-10H,6,8,14H2,1-5H3,(H,15,16,17). The Hall–Kier alpha value is -1.36. The molecule has 2 unspecified atom stereocenters. The third kappa shape index (κ3) is 3.84. The Labute approximate surface area is 110 Å². The van der Waals surface area contributed by atoms with Gasteiger partial charge in [0.1, 0.15) is 17.5 Å². The molecule has 1 aromatic rings. The molecule has 1 aromatic heterocycles. The fourth-order valence-corrected chi connectivity index (χ4v) is 1.54. The van der Waals surface area contributed by atoms with Gasteiger partial charge < -0.3 is 16.0 Å². The van der Waals surface area contributed by atoms with Crippen molar-refractivity contribution >= 4 is 11.6 Å². The summed E-state index contributed by atoms with van der Waals surface area (Å²) in [7, 11) is 2.01. The Morgan fingerprint density at radius 3 is 2.61 bits per heavy atom. The molecule has 0 saturated carbocycles. The second-order valence-corrected chi connectivity index (χ2v) is 4.81. The van der Waals surface area contributed by atoms with Crippen LogP contribution in [0.5, 0.6) is 0 Å². The Morgan fingerprint density at radius 2 is 2.06 bits per heavy atom. The third-order valence-corrected chi connectivity index (χ3v) is 3.19. The first-order chi connectivity index (χ1) is 8.47. The maximum atomic E-state index is 5.69. The van der Waals surface area contributed by atoms with Crippen molar-refractivity contribution in [2.24, 2.45) is 5.73 Å². The molecule has 0 amide bonds. The summed E-state index contributed by atoms with van der Waals surface area (Å²) in [6, 6.07) is 2.64. The smallest absolute Gasteiger partial charge is 0.134 e. The third-order valence-electron chi connectivity index (χ3n) is 3.19. The van der Waals surface area contributed by atoms with Gasteiger partial charge in [-0.2, -0.15) is 0 Å². The first kappa shape index (κ1) is 14.7. The maximum Gasteiger partial charge on any atom is 0.134 e. The number of anilines is 2. The molecule has 0 bridgehead atoms. The quantitative estimate of drug-likeness (QED) is 0.806. The number of likely N-dealkylation sites (N-methyl/N-ethyl adjacent to an activating group) is 1. The highest BCUT2D eigenvalue weighted by Crippen LogP contribution is 2.17. The average molecular weight is 251 g/mol. The van der Waals surface area contributed by atoms with Gasteiger partial charge in [-0.3, -0.25) is 0 Å². The Morgan fingerprint density at radius 1 is 1.39 bits per heavy atom. The molecule has 0 saturated heterocycles. The summed E-state index contributed by atoms with van der Waals surface area (Å²) in [4.78, 5) is 10.9. The Kier molecular flexibility index (Phi) is 5.34. The lowest BCUT2D eigenvalue weighted by molar-refractivity contribution is 0.684. The van der Waals surface area contributed by atoms with Gasteiger partial charge in [0.05, 0.1) is 0 Å². The number of nitrogens with zero attached hydrogens (tertiary/aromatic N) is 3. The number of nitrogens with two attached hydrogens (primary N) is 1. The zero-order valence-corrected chi connectivity index (χ0v) is 12.1. The van der Waals surface area contributed by atoms with E-state index in [1.165, 1.54) is 0 Å². The fourth-order valence-electron chi connectivity index (χ4n) is 1.54. The van der Waals surface area contributed by atoms with Gasteiger partial charge in [-0.15, -0.1) is 0 Å². The van der Waals surface area contributed by atoms with Gasteiger partial charge >= 0.3 is 0 Å². The average Bonchev–Trinajstić information content (AvgIpc) is 2.35. The van der Waals surface area contributed by atoms with Gasteiger partial charge in [-0.1, -0.05) is 6.92 Å². The van der Waals surface area contributed by atoms with E-state index in [1.54, 1.807) is 0 Å². The molecule has 18 heavy (non-hydrogen) atoms. The van der Waals surface area contributed by atoms with Gasteiger partial charge in [-0.25, -0.2) is 9.97 Å². The highest BCUT2D eigenvalue weighted by molar-refractivity contribution is 5.49. The highest BCUT2D eigenvalue weighted by Gasteiger charge is 2.12. The molecule has 1 heterocycles. The highest BCUT2D eigenvalue weighted by atomic mass is 15.2. The summed E-state index contributed by atoms with van der Waals surface area (Å²) < 4.78 is 0. The molecule has 0 aliphatic rings. The van der Waals surface area contributed by atoms with Crippen LogP contribution in [0.25, 0.3) is 0 Å². The van der Waals surface area contributed by atoms with Crippen LogP contribution in [0.3, 0.4) is 0 Å². The molecule has 0 spiro atoms. The van der Waals surface area contributed by atoms with E-state index in [4.69, 9.17) is 5.73 Å². The second-order valence-electron chi connectivity index (χ2n) is 4.81. The molecule has 2 atom stereocenters. The summed E-state index contributed by atoms with van der Waals surface area (Å²) in [5, 5.41) is 3.38. The van der Waals surface area contributed by atoms with Crippen molar-refractivity contribution in [3.63, 3.8) is 0 Å². The molecule has 0 aliphatic heterocycles.